The molecule has 1 aliphatic carbocycles. The summed E-state index contributed by atoms with van der Waals surface area (Å²) in [6.45, 7) is 3.08. The van der Waals surface area contributed by atoms with Gasteiger partial charge in [-0.15, -0.1) is 0 Å². The minimum atomic E-state index is -0.270. The van der Waals surface area contributed by atoms with E-state index >= 15 is 0 Å². The van der Waals surface area contributed by atoms with Crippen LogP contribution in [-0.2, 0) is 11.3 Å². The Hall–Kier alpha value is -4.71. The zero-order valence-corrected chi connectivity index (χ0v) is 23.5. The summed E-state index contributed by atoms with van der Waals surface area (Å²) < 4.78 is 13.4. The first kappa shape index (κ1) is 25.3. The number of carbonyl (C=O) groups excluding carboxylic acids is 1. The number of ether oxygens (including phenoxy) is 2. The lowest BCUT2D eigenvalue weighted by Gasteiger charge is -2.30. The van der Waals surface area contributed by atoms with Crippen LogP contribution >= 0.6 is 0 Å². The van der Waals surface area contributed by atoms with Gasteiger partial charge in [-0.05, 0) is 72.9 Å². The number of para-hydroxylation sites is 3. The Labute approximate surface area is 239 Å². The predicted molar refractivity (Wildman–Crippen MR) is 165 cm³/mol. The Morgan fingerprint density at radius 1 is 0.780 bits per heavy atom. The molecule has 1 aromatic heterocycles. The lowest BCUT2D eigenvalue weighted by molar-refractivity contribution is -0.116. The van der Waals surface area contributed by atoms with Gasteiger partial charge in [0.1, 0.15) is 0 Å². The van der Waals surface area contributed by atoms with E-state index in [4.69, 9.17) is 9.47 Å². The van der Waals surface area contributed by atoms with E-state index in [-0.39, 0.29) is 17.7 Å². The van der Waals surface area contributed by atoms with Crippen molar-refractivity contribution in [3.8, 4) is 11.5 Å². The van der Waals surface area contributed by atoms with Gasteiger partial charge in [0.25, 0.3) is 0 Å². The van der Waals surface area contributed by atoms with Crippen LogP contribution in [0.3, 0.4) is 0 Å². The monoisotopic (exact) mass is 543 g/mol. The lowest BCUT2D eigenvalue weighted by atomic mass is 9.78. The number of rotatable bonds is 5. The molecule has 0 unspecified atom stereocenters. The van der Waals surface area contributed by atoms with E-state index < -0.39 is 0 Å². The Balaban J connectivity index is 1.36. The fraction of sp³-hybridized carbons (Fsp3) is 0.229. The van der Waals surface area contributed by atoms with Crippen molar-refractivity contribution in [1.29, 1.82) is 0 Å². The molecule has 0 spiro atoms. The molecule has 0 fully saturated rings. The number of fused-ring (bicyclic) bond motifs is 4. The molecular formula is C35H33N3O3. The fourth-order valence-electron chi connectivity index (χ4n) is 6.68. The molecule has 0 saturated heterocycles. The molecular weight excluding hydrogens is 510 g/mol. The van der Waals surface area contributed by atoms with Gasteiger partial charge in [0, 0.05) is 46.0 Å². The second-order valence-electron chi connectivity index (χ2n) is 10.8. The van der Waals surface area contributed by atoms with E-state index in [1.807, 2.05) is 30.3 Å². The van der Waals surface area contributed by atoms with Gasteiger partial charge >= 0.3 is 0 Å². The normalized spacial score (nSPS) is 18.4. The molecule has 206 valence electrons. The molecule has 0 saturated carbocycles. The third kappa shape index (κ3) is 4.13. The molecule has 0 bridgehead atoms. The van der Waals surface area contributed by atoms with Gasteiger partial charge in [-0.2, -0.15) is 0 Å². The van der Waals surface area contributed by atoms with Crippen LogP contribution in [0, 0.1) is 0 Å². The maximum Gasteiger partial charge on any atom is 0.163 e. The Kier molecular flexibility index (Phi) is 6.19. The predicted octanol–water partition coefficient (Wildman–Crippen LogP) is 7.81. The largest absolute Gasteiger partial charge is 0.493 e. The van der Waals surface area contributed by atoms with E-state index in [9.17, 15) is 4.79 Å². The topological polar surface area (TPSA) is 64.5 Å². The van der Waals surface area contributed by atoms with Crippen LogP contribution < -0.4 is 20.1 Å². The highest BCUT2D eigenvalue weighted by atomic mass is 16.5. The number of benzene rings is 4. The second kappa shape index (κ2) is 10.0. The number of anilines is 2. The van der Waals surface area contributed by atoms with Crippen LogP contribution in [0.2, 0.25) is 0 Å². The van der Waals surface area contributed by atoms with Gasteiger partial charge in [-0.1, -0.05) is 42.5 Å². The number of allylic oxidation sites excluding steroid dienone is 1. The van der Waals surface area contributed by atoms with E-state index in [1.165, 1.54) is 21.8 Å². The van der Waals surface area contributed by atoms with Gasteiger partial charge in [-0.25, -0.2) is 0 Å². The van der Waals surface area contributed by atoms with Gasteiger partial charge in [-0.3, -0.25) is 4.79 Å². The van der Waals surface area contributed by atoms with E-state index in [0.29, 0.717) is 17.9 Å². The zero-order valence-electron chi connectivity index (χ0n) is 23.5. The van der Waals surface area contributed by atoms with Crippen LogP contribution in [0.5, 0.6) is 11.5 Å². The first-order valence-corrected chi connectivity index (χ1v) is 14.2. The van der Waals surface area contributed by atoms with Crippen molar-refractivity contribution in [2.45, 2.75) is 38.3 Å². The van der Waals surface area contributed by atoms with Crippen molar-refractivity contribution in [2.24, 2.45) is 0 Å². The molecule has 2 atom stereocenters. The molecule has 4 aromatic carbocycles. The average molecular weight is 544 g/mol. The highest BCUT2D eigenvalue weighted by molar-refractivity contribution is 6.08. The number of nitrogens with zero attached hydrogens (tertiary/aromatic N) is 1. The maximum absolute atomic E-state index is 14.1. The number of carbonyl (C=O) groups is 1. The number of nitrogens with one attached hydrogen (secondary N) is 2. The highest BCUT2D eigenvalue weighted by Gasteiger charge is 2.36. The molecule has 2 aliphatic rings. The summed E-state index contributed by atoms with van der Waals surface area (Å²) in [5.74, 6) is 1.55. The smallest absolute Gasteiger partial charge is 0.163 e. The molecule has 5 aromatic rings. The van der Waals surface area contributed by atoms with Crippen LogP contribution in [0.15, 0.2) is 96.2 Å². The molecule has 2 heterocycles. The van der Waals surface area contributed by atoms with Crippen LogP contribution in [0.25, 0.3) is 21.8 Å². The fourth-order valence-corrected chi connectivity index (χ4v) is 6.68. The third-order valence-electron chi connectivity index (χ3n) is 8.63. The van der Waals surface area contributed by atoms with E-state index in [0.717, 1.165) is 46.7 Å². The summed E-state index contributed by atoms with van der Waals surface area (Å²) in [5, 5.41) is 9.84. The van der Waals surface area contributed by atoms with Gasteiger partial charge in [0.15, 0.2) is 17.3 Å². The van der Waals surface area contributed by atoms with Gasteiger partial charge in [0.05, 0.1) is 31.6 Å². The standard InChI is InChI=1S/C35H33N3O3/c1-4-38-29-12-8-5-9-24(29)25-17-22(13-15-30(25)38)35-34-28(36-26-10-6-7-11-27(26)37-35)18-23(19-31(34)39)21-14-16-32(40-2)33(20-21)41-3/h5-17,20,23,35-37H,4,18-19H2,1-3H3/t23-,35-/m0/s1. The molecule has 2 N–H and O–H groups in total. The molecule has 0 amide bonds. The molecule has 41 heavy (non-hydrogen) atoms. The second-order valence-corrected chi connectivity index (χ2v) is 10.8. The zero-order chi connectivity index (χ0) is 28.1. The van der Waals surface area contributed by atoms with Crippen LogP contribution in [0.4, 0.5) is 11.4 Å². The van der Waals surface area contributed by atoms with Gasteiger partial charge < -0.3 is 24.7 Å². The van der Waals surface area contributed by atoms with Crippen molar-refractivity contribution in [3.05, 3.63) is 107 Å². The summed E-state index contributed by atoms with van der Waals surface area (Å²) in [6.07, 6.45) is 1.16. The third-order valence-corrected chi connectivity index (χ3v) is 8.63. The first-order chi connectivity index (χ1) is 20.1. The first-order valence-electron chi connectivity index (χ1n) is 14.2. The number of ketones is 1. The van der Waals surface area contributed by atoms with Crippen molar-refractivity contribution < 1.29 is 14.3 Å². The molecule has 1 aliphatic heterocycles. The van der Waals surface area contributed by atoms with Crippen LogP contribution in [0.1, 0.15) is 42.9 Å². The van der Waals surface area contributed by atoms with Crippen molar-refractivity contribution in [2.75, 3.05) is 24.9 Å². The van der Waals surface area contributed by atoms with E-state index in [2.05, 4.69) is 76.7 Å². The summed E-state index contributed by atoms with van der Waals surface area (Å²) in [6, 6.07) is 29.1. The summed E-state index contributed by atoms with van der Waals surface area (Å²) in [7, 11) is 3.28. The van der Waals surface area contributed by atoms with Crippen LogP contribution in [-0.4, -0.2) is 24.6 Å². The molecule has 6 nitrogen and oxygen atoms in total. The number of hydrogen-bond acceptors (Lipinski definition) is 5. The number of aryl methyl sites for hydroxylation is 1. The number of Topliss-reactive ketones (excluding diaryl/α,β-unsaturated/α-hetero) is 1. The van der Waals surface area contributed by atoms with Crippen molar-refractivity contribution in [3.63, 3.8) is 0 Å². The highest BCUT2D eigenvalue weighted by Crippen LogP contribution is 2.46. The number of hydrogen-bond donors (Lipinski definition) is 2. The SMILES string of the molecule is CCn1c2ccccc2c2cc([C@@H]3Nc4ccccc4NC4=C3C(=O)C[C@@H](c3ccc(OC)c(OC)c3)C4)ccc21. The maximum atomic E-state index is 14.1. The van der Waals surface area contributed by atoms with Crippen molar-refractivity contribution >= 4 is 39.0 Å². The van der Waals surface area contributed by atoms with Crippen molar-refractivity contribution in [1.82, 2.24) is 4.57 Å². The number of aromatic nitrogens is 1. The lowest BCUT2D eigenvalue weighted by Crippen LogP contribution is -2.26. The molecule has 0 radical (unpaired) electrons. The summed E-state index contributed by atoms with van der Waals surface area (Å²) in [5.41, 5.74) is 8.35. The van der Waals surface area contributed by atoms with Gasteiger partial charge in [0.2, 0.25) is 0 Å². The minimum absolute atomic E-state index is 0.0319. The summed E-state index contributed by atoms with van der Waals surface area (Å²) >= 11 is 0. The Morgan fingerprint density at radius 3 is 2.32 bits per heavy atom. The molecule has 6 heteroatoms. The molecule has 7 rings (SSSR count). The minimum Gasteiger partial charge on any atom is -0.493 e. The Bertz CT molecular complexity index is 1850. The average Bonchev–Trinajstić information content (AvgIpc) is 3.22. The van der Waals surface area contributed by atoms with E-state index in [1.54, 1.807) is 14.2 Å². The number of methoxy groups -OCH3 is 2. The quantitative estimate of drug-likeness (QED) is 0.237. The summed E-state index contributed by atoms with van der Waals surface area (Å²) in [4.78, 5) is 14.1. The Morgan fingerprint density at radius 2 is 1.51 bits per heavy atom.